The Kier molecular flexibility index (Phi) is 3.25. The largest absolute Gasteiger partial charge is 0.435 e. The highest BCUT2D eigenvalue weighted by Gasteiger charge is 2.36. The standard InChI is InChI=1S/C13H16O3/c1-9(2)15-12-8-11(13(14)16-12)10-6-4-3-5-7-10/h3-7,9,11-12H,8H2,1-2H3. The SMILES string of the molecule is CC(C)OC1CC(c2ccccc2)C(=O)O1. The molecular weight excluding hydrogens is 204 g/mol. The smallest absolute Gasteiger partial charge is 0.315 e. The topological polar surface area (TPSA) is 35.5 Å². The van der Waals surface area contributed by atoms with E-state index >= 15 is 0 Å². The molecule has 0 bridgehead atoms. The fraction of sp³-hybridized carbons (Fsp3) is 0.462. The highest BCUT2D eigenvalue weighted by molar-refractivity contribution is 5.80. The van der Waals surface area contributed by atoms with E-state index in [9.17, 15) is 4.79 Å². The van der Waals surface area contributed by atoms with Crippen molar-refractivity contribution in [3.05, 3.63) is 35.9 Å². The minimum Gasteiger partial charge on any atom is -0.435 e. The number of carbonyl (C=O) groups is 1. The number of hydrogen-bond acceptors (Lipinski definition) is 3. The first-order valence-corrected chi connectivity index (χ1v) is 5.57. The summed E-state index contributed by atoms with van der Waals surface area (Å²) in [4.78, 5) is 11.7. The van der Waals surface area contributed by atoms with Gasteiger partial charge in [0.05, 0.1) is 12.0 Å². The van der Waals surface area contributed by atoms with Gasteiger partial charge in [-0.15, -0.1) is 0 Å². The Bertz CT molecular complexity index is 359. The van der Waals surface area contributed by atoms with Crippen LogP contribution in [-0.4, -0.2) is 18.4 Å². The highest BCUT2D eigenvalue weighted by atomic mass is 16.7. The van der Waals surface area contributed by atoms with Crippen molar-refractivity contribution in [1.82, 2.24) is 0 Å². The van der Waals surface area contributed by atoms with Gasteiger partial charge in [-0.1, -0.05) is 30.3 Å². The van der Waals surface area contributed by atoms with Gasteiger partial charge < -0.3 is 9.47 Å². The van der Waals surface area contributed by atoms with E-state index in [1.54, 1.807) is 0 Å². The Labute approximate surface area is 95.4 Å². The number of rotatable bonds is 3. The molecule has 1 aliphatic rings. The van der Waals surface area contributed by atoms with Gasteiger partial charge in [0.25, 0.3) is 0 Å². The molecule has 2 unspecified atom stereocenters. The second-order valence-electron chi connectivity index (χ2n) is 4.25. The van der Waals surface area contributed by atoms with Crippen LogP contribution in [0.2, 0.25) is 0 Å². The first-order chi connectivity index (χ1) is 7.66. The molecule has 1 aliphatic heterocycles. The van der Waals surface area contributed by atoms with Crippen LogP contribution in [-0.2, 0) is 14.3 Å². The summed E-state index contributed by atoms with van der Waals surface area (Å²) >= 11 is 0. The van der Waals surface area contributed by atoms with Gasteiger partial charge in [-0.3, -0.25) is 4.79 Å². The quantitative estimate of drug-likeness (QED) is 0.734. The predicted molar refractivity (Wildman–Crippen MR) is 59.9 cm³/mol. The van der Waals surface area contributed by atoms with Gasteiger partial charge in [0, 0.05) is 6.42 Å². The third-order valence-corrected chi connectivity index (χ3v) is 2.59. The van der Waals surface area contributed by atoms with Crippen molar-refractivity contribution in [3.8, 4) is 0 Å². The molecule has 0 saturated carbocycles. The van der Waals surface area contributed by atoms with E-state index in [-0.39, 0.29) is 18.0 Å². The molecule has 2 atom stereocenters. The van der Waals surface area contributed by atoms with Crippen LogP contribution in [0, 0.1) is 0 Å². The van der Waals surface area contributed by atoms with Gasteiger partial charge in [-0.05, 0) is 19.4 Å². The van der Waals surface area contributed by atoms with Crippen LogP contribution in [0.5, 0.6) is 0 Å². The van der Waals surface area contributed by atoms with E-state index in [1.807, 2.05) is 44.2 Å². The van der Waals surface area contributed by atoms with Crippen molar-refractivity contribution >= 4 is 5.97 Å². The third-order valence-electron chi connectivity index (χ3n) is 2.59. The summed E-state index contributed by atoms with van der Waals surface area (Å²) < 4.78 is 10.7. The average Bonchev–Trinajstić information content (AvgIpc) is 2.60. The van der Waals surface area contributed by atoms with Gasteiger partial charge in [0.15, 0.2) is 0 Å². The van der Waals surface area contributed by atoms with Crippen molar-refractivity contribution in [2.75, 3.05) is 0 Å². The van der Waals surface area contributed by atoms with Crippen LogP contribution in [0.25, 0.3) is 0 Å². The van der Waals surface area contributed by atoms with Gasteiger partial charge in [0.2, 0.25) is 6.29 Å². The molecule has 0 aromatic heterocycles. The number of carbonyl (C=O) groups excluding carboxylic acids is 1. The molecule has 1 aromatic carbocycles. The molecule has 1 fully saturated rings. The number of cyclic esters (lactones) is 1. The summed E-state index contributed by atoms with van der Waals surface area (Å²) in [5, 5.41) is 0. The fourth-order valence-electron chi connectivity index (χ4n) is 1.89. The summed E-state index contributed by atoms with van der Waals surface area (Å²) in [5.41, 5.74) is 1.00. The van der Waals surface area contributed by atoms with Crippen LogP contribution in [0.1, 0.15) is 31.7 Å². The second-order valence-corrected chi connectivity index (χ2v) is 4.25. The summed E-state index contributed by atoms with van der Waals surface area (Å²) in [6, 6.07) is 9.69. The molecular formula is C13H16O3. The fourth-order valence-corrected chi connectivity index (χ4v) is 1.89. The van der Waals surface area contributed by atoms with Crippen LogP contribution >= 0.6 is 0 Å². The molecule has 0 N–H and O–H groups in total. The zero-order valence-electron chi connectivity index (χ0n) is 9.55. The van der Waals surface area contributed by atoms with Gasteiger partial charge in [-0.2, -0.15) is 0 Å². The van der Waals surface area contributed by atoms with Crippen LogP contribution in [0.15, 0.2) is 30.3 Å². The van der Waals surface area contributed by atoms with Gasteiger partial charge >= 0.3 is 5.97 Å². The number of hydrogen-bond donors (Lipinski definition) is 0. The summed E-state index contributed by atoms with van der Waals surface area (Å²) in [6.45, 7) is 3.87. The molecule has 3 nitrogen and oxygen atoms in total. The zero-order chi connectivity index (χ0) is 11.5. The predicted octanol–water partition coefficient (Wildman–Crippen LogP) is 2.47. The van der Waals surface area contributed by atoms with E-state index in [0.717, 1.165) is 5.56 Å². The molecule has 86 valence electrons. The lowest BCUT2D eigenvalue weighted by Crippen LogP contribution is -2.16. The Hall–Kier alpha value is -1.35. The van der Waals surface area contributed by atoms with E-state index < -0.39 is 6.29 Å². The summed E-state index contributed by atoms with van der Waals surface area (Å²) in [7, 11) is 0. The highest BCUT2D eigenvalue weighted by Crippen LogP contribution is 2.31. The number of ether oxygens (including phenoxy) is 2. The molecule has 2 rings (SSSR count). The lowest BCUT2D eigenvalue weighted by molar-refractivity contribution is -0.169. The summed E-state index contributed by atoms with van der Waals surface area (Å²) in [5.74, 6) is -0.359. The Balaban J connectivity index is 2.06. The van der Waals surface area contributed by atoms with Crippen LogP contribution in [0.3, 0.4) is 0 Å². The maximum atomic E-state index is 11.7. The Morgan fingerprint density at radius 3 is 2.62 bits per heavy atom. The second kappa shape index (κ2) is 4.66. The minimum absolute atomic E-state index is 0.0762. The first-order valence-electron chi connectivity index (χ1n) is 5.57. The normalized spacial score (nSPS) is 24.8. The molecule has 0 radical (unpaired) electrons. The molecule has 3 heteroatoms. The van der Waals surface area contributed by atoms with E-state index in [1.165, 1.54) is 0 Å². The van der Waals surface area contributed by atoms with Gasteiger partial charge in [-0.25, -0.2) is 0 Å². The molecule has 16 heavy (non-hydrogen) atoms. The Morgan fingerprint density at radius 2 is 2.00 bits per heavy atom. The van der Waals surface area contributed by atoms with Gasteiger partial charge in [0.1, 0.15) is 0 Å². The number of esters is 1. The van der Waals surface area contributed by atoms with Crippen molar-refractivity contribution in [2.45, 2.75) is 38.6 Å². The molecule has 0 spiro atoms. The lowest BCUT2D eigenvalue weighted by atomic mass is 9.98. The maximum Gasteiger partial charge on any atom is 0.315 e. The van der Waals surface area contributed by atoms with Crippen LogP contribution < -0.4 is 0 Å². The van der Waals surface area contributed by atoms with Crippen LogP contribution in [0.4, 0.5) is 0 Å². The van der Waals surface area contributed by atoms with E-state index in [4.69, 9.17) is 9.47 Å². The minimum atomic E-state index is -0.391. The third kappa shape index (κ3) is 2.42. The number of benzene rings is 1. The monoisotopic (exact) mass is 220 g/mol. The first kappa shape index (κ1) is 11.1. The average molecular weight is 220 g/mol. The lowest BCUT2D eigenvalue weighted by Gasteiger charge is -2.13. The molecule has 0 amide bonds. The molecule has 0 aliphatic carbocycles. The van der Waals surface area contributed by atoms with Crippen molar-refractivity contribution < 1.29 is 14.3 Å². The maximum absolute atomic E-state index is 11.7. The molecule has 1 saturated heterocycles. The van der Waals surface area contributed by atoms with E-state index in [2.05, 4.69) is 0 Å². The zero-order valence-corrected chi connectivity index (χ0v) is 9.55. The van der Waals surface area contributed by atoms with Crippen molar-refractivity contribution in [1.29, 1.82) is 0 Å². The van der Waals surface area contributed by atoms with Crippen molar-refractivity contribution in [3.63, 3.8) is 0 Å². The molecule has 1 aromatic rings. The van der Waals surface area contributed by atoms with Crippen molar-refractivity contribution in [2.24, 2.45) is 0 Å². The molecule has 1 heterocycles. The van der Waals surface area contributed by atoms with E-state index in [0.29, 0.717) is 6.42 Å². The summed E-state index contributed by atoms with van der Waals surface area (Å²) in [6.07, 6.45) is 0.297. The Morgan fingerprint density at radius 1 is 1.31 bits per heavy atom.